The Morgan fingerprint density at radius 2 is 1.57 bits per heavy atom. The van der Waals surface area contributed by atoms with E-state index in [4.69, 9.17) is 0 Å². The van der Waals surface area contributed by atoms with Crippen LogP contribution in [-0.2, 0) is 10.8 Å². The molecule has 0 saturated carbocycles. The Morgan fingerprint density at radius 3 is 1.90 bits per heavy atom. The number of aromatic hydroxyl groups is 1. The summed E-state index contributed by atoms with van der Waals surface area (Å²) < 4.78 is 0. The highest BCUT2D eigenvalue weighted by Crippen LogP contribution is 2.43. The molecule has 0 amide bonds. The van der Waals surface area contributed by atoms with E-state index in [1.165, 1.54) is 0 Å². The number of carbonyl (C=O) groups is 1. The van der Waals surface area contributed by atoms with Crippen LogP contribution in [0.15, 0.2) is 6.07 Å². The lowest BCUT2D eigenvalue weighted by atomic mass is 9.71. The smallest absolute Gasteiger partial charge is 0.339 e. The average molecular weight is 292 g/mol. The first-order valence-corrected chi connectivity index (χ1v) is 7.42. The summed E-state index contributed by atoms with van der Waals surface area (Å²) in [6, 6.07) is 1.98. The first-order valence-electron chi connectivity index (χ1n) is 7.42. The Kier molecular flexibility index (Phi) is 4.48. The minimum absolute atomic E-state index is 0.0335. The van der Waals surface area contributed by atoms with Crippen LogP contribution in [0.4, 0.5) is 0 Å². The van der Waals surface area contributed by atoms with Gasteiger partial charge in [0.15, 0.2) is 0 Å². The van der Waals surface area contributed by atoms with Gasteiger partial charge in [-0.25, -0.2) is 4.79 Å². The van der Waals surface area contributed by atoms with E-state index in [1.807, 2.05) is 19.9 Å². The molecule has 2 N–H and O–H groups in total. The molecule has 0 fully saturated rings. The molecular weight excluding hydrogens is 264 g/mol. The van der Waals surface area contributed by atoms with E-state index in [9.17, 15) is 15.0 Å². The first-order chi connectivity index (χ1) is 9.31. The molecule has 1 aromatic rings. The van der Waals surface area contributed by atoms with Crippen molar-refractivity contribution < 1.29 is 15.0 Å². The Morgan fingerprint density at radius 1 is 1.10 bits per heavy atom. The average Bonchev–Trinajstić information content (AvgIpc) is 2.25. The zero-order valence-electron chi connectivity index (χ0n) is 14.5. The van der Waals surface area contributed by atoms with Crippen LogP contribution in [0.2, 0.25) is 0 Å². The van der Waals surface area contributed by atoms with Crippen LogP contribution >= 0.6 is 0 Å². The van der Waals surface area contributed by atoms with Crippen molar-refractivity contribution in [2.24, 2.45) is 5.92 Å². The summed E-state index contributed by atoms with van der Waals surface area (Å²) >= 11 is 0. The van der Waals surface area contributed by atoms with E-state index in [0.29, 0.717) is 11.1 Å². The highest BCUT2D eigenvalue weighted by Gasteiger charge is 2.33. The zero-order chi connectivity index (χ0) is 16.7. The van der Waals surface area contributed by atoms with Gasteiger partial charge in [-0.15, -0.1) is 0 Å². The van der Waals surface area contributed by atoms with Crippen LogP contribution in [0.3, 0.4) is 0 Å². The van der Waals surface area contributed by atoms with Gasteiger partial charge in [0.1, 0.15) is 11.3 Å². The van der Waals surface area contributed by atoms with Crippen molar-refractivity contribution in [3.8, 4) is 5.75 Å². The number of aromatic carboxylic acids is 1. The predicted molar refractivity (Wildman–Crippen MR) is 86.4 cm³/mol. The van der Waals surface area contributed by atoms with E-state index in [0.717, 1.165) is 5.56 Å². The molecule has 0 radical (unpaired) electrons. The molecule has 0 aliphatic rings. The predicted octanol–water partition coefficient (Wildman–Crippen LogP) is 4.63. The second-order valence-corrected chi connectivity index (χ2v) is 7.75. The number of carboxylic acids is 1. The summed E-state index contributed by atoms with van der Waals surface area (Å²) in [5, 5.41) is 20.0. The van der Waals surface area contributed by atoms with Crippen LogP contribution < -0.4 is 0 Å². The molecule has 1 aromatic carbocycles. The van der Waals surface area contributed by atoms with Crippen LogP contribution in [0.5, 0.6) is 5.75 Å². The van der Waals surface area contributed by atoms with Crippen LogP contribution in [0.25, 0.3) is 0 Å². The van der Waals surface area contributed by atoms with Gasteiger partial charge in [0, 0.05) is 5.56 Å². The maximum atomic E-state index is 11.6. The van der Waals surface area contributed by atoms with Crippen molar-refractivity contribution >= 4 is 5.97 Å². The number of hydrogen-bond donors (Lipinski definition) is 2. The van der Waals surface area contributed by atoms with Gasteiger partial charge in [0.2, 0.25) is 0 Å². The largest absolute Gasteiger partial charge is 0.507 e. The summed E-state index contributed by atoms with van der Waals surface area (Å²) in [4.78, 5) is 11.6. The van der Waals surface area contributed by atoms with Gasteiger partial charge in [-0.3, -0.25) is 0 Å². The quantitative estimate of drug-likeness (QED) is 0.854. The Hall–Kier alpha value is -1.51. The van der Waals surface area contributed by atoms with E-state index in [-0.39, 0.29) is 28.1 Å². The molecule has 0 bridgehead atoms. The minimum Gasteiger partial charge on any atom is -0.507 e. The van der Waals surface area contributed by atoms with E-state index < -0.39 is 5.97 Å². The fourth-order valence-corrected chi connectivity index (χ4v) is 2.61. The van der Waals surface area contributed by atoms with Gasteiger partial charge in [0.05, 0.1) is 0 Å². The number of phenols is 1. The molecule has 118 valence electrons. The summed E-state index contributed by atoms with van der Waals surface area (Å²) in [7, 11) is 0. The fourth-order valence-electron chi connectivity index (χ4n) is 2.61. The van der Waals surface area contributed by atoms with E-state index in [1.54, 1.807) is 6.92 Å². The van der Waals surface area contributed by atoms with Crippen LogP contribution in [-0.4, -0.2) is 16.2 Å². The van der Waals surface area contributed by atoms with Crippen LogP contribution in [0, 0.1) is 12.8 Å². The Bertz CT molecular complexity index is 561. The third-order valence-electron chi connectivity index (χ3n) is 4.72. The molecule has 0 aromatic heterocycles. The number of hydrogen-bond acceptors (Lipinski definition) is 2. The van der Waals surface area contributed by atoms with Gasteiger partial charge >= 0.3 is 5.97 Å². The summed E-state index contributed by atoms with van der Waals surface area (Å²) in [5.41, 5.74) is 1.89. The first kappa shape index (κ1) is 17.5. The lowest BCUT2D eigenvalue weighted by Crippen LogP contribution is -2.27. The molecule has 0 unspecified atom stereocenters. The summed E-state index contributed by atoms with van der Waals surface area (Å²) in [5.74, 6) is -0.885. The van der Waals surface area contributed by atoms with Crippen molar-refractivity contribution in [1.82, 2.24) is 0 Å². The zero-order valence-corrected chi connectivity index (χ0v) is 14.5. The Labute approximate surface area is 128 Å². The molecule has 3 nitrogen and oxygen atoms in total. The molecule has 0 aliphatic heterocycles. The lowest BCUT2D eigenvalue weighted by molar-refractivity contribution is 0.0692. The van der Waals surface area contributed by atoms with E-state index >= 15 is 0 Å². The Balaban J connectivity index is 3.84. The van der Waals surface area contributed by atoms with Crippen molar-refractivity contribution in [2.45, 2.75) is 66.2 Å². The number of carboxylic acid groups (broad SMARTS) is 1. The van der Waals surface area contributed by atoms with Crippen molar-refractivity contribution in [3.05, 3.63) is 28.3 Å². The van der Waals surface area contributed by atoms with Gasteiger partial charge in [-0.1, -0.05) is 54.5 Å². The maximum Gasteiger partial charge on any atom is 0.339 e. The molecule has 0 heterocycles. The fraction of sp³-hybridized carbons (Fsp3) is 0.611. The highest BCUT2D eigenvalue weighted by atomic mass is 16.4. The van der Waals surface area contributed by atoms with Crippen molar-refractivity contribution in [3.63, 3.8) is 0 Å². The molecule has 0 aliphatic carbocycles. The maximum absolute atomic E-state index is 11.6. The third kappa shape index (κ3) is 3.07. The second kappa shape index (κ2) is 5.36. The normalized spacial score (nSPS) is 12.8. The van der Waals surface area contributed by atoms with Gasteiger partial charge in [-0.05, 0) is 34.8 Å². The molecule has 0 spiro atoms. The van der Waals surface area contributed by atoms with Gasteiger partial charge < -0.3 is 10.2 Å². The van der Waals surface area contributed by atoms with Crippen molar-refractivity contribution in [2.75, 3.05) is 0 Å². The lowest BCUT2D eigenvalue weighted by Gasteiger charge is -2.34. The topological polar surface area (TPSA) is 57.5 Å². The molecule has 0 atom stereocenters. The number of benzene rings is 1. The molecule has 21 heavy (non-hydrogen) atoms. The van der Waals surface area contributed by atoms with Gasteiger partial charge in [-0.2, -0.15) is 0 Å². The summed E-state index contributed by atoms with van der Waals surface area (Å²) in [6.07, 6.45) is 0. The monoisotopic (exact) mass is 292 g/mol. The van der Waals surface area contributed by atoms with Crippen molar-refractivity contribution in [1.29, 1.82) is 0 Å². The third-order valence-corrected chi connectivity index (χ3v) is 4.72. The standard InChI is InChI=1S/C18H28O3/c1-10(2)18(7,8)13-9-12(17(4,5)6)11(3)14(15(13)19)16(20)21/h9-10,19H,1-8H3,(H,20,21). The molecule has 1 rings (SSSR count). The highest BCUT2D eigenvalue weighted by molar-refractivity contribution is 5.93. The second-order valence-electron chi connectivity index (χ2n) is 7.75. The van der Waals surface area contributed by atoms with E-state index in [2.05, 4.69) is 34.6 Å². The minimum atomic E-state index is -1.07. The molecule has 0 saturated heterocycles. The number of rotatable bonds is 3. The molecular formula is C18H28O3. The molecule has 3 heteroatoms. The SMILES string of the molecule is Cc1c(C(C)(C)C)cc(C(C)(C)C(C)C)c(O)c1C(=O)O. The van der Waals surface area contributed by atoms with Crippen LogP contribution in [0.1, 0.15) is 75.5 Å². The summed E-state index contributed by atoms with van der Waals surface area (Å²) in [6.45, 7) is 16.2. The van der Waals surface area contributed by atoms with Gasteiger partial charge in [0.25, 0.3) is 0 Å².